The Morgan fingerprint density at radius 1 is 0.967 bits per heavy atom. The number of halogens is 2. The van der Waals surface area contributed by atoms with Crippen LogP contribution in [-0.2, 0) is 11.3 Å². The van der Waals surface area contributed by atoms with Crippen molar-refractivity contribution in [1.82, 2.24) is 0 Å². The third-order valence-corrected chi connectivity index (χ3v) is 4.29. The van der Waals surface area contributed by atoms with Crippen LogP contribution in [-0.4, -0.2) is 19.0 Å². The lowest BCUT2D eigenvalue weighted by molar-refractivity contribution is 0.0595. The standard InChI is InChI=1S/C23H19F2NO4/c1-14-5-3-6-15(9-14)13-30-17-8-4-7-16(10-17)22(27)26-21-11-18(23(28)29-2)19(24)12-20(21)25/h3-12H,13H2,1-2H3,(H,26,27). The van der Waals surface area contributed by atoms with Crippen LogP contribution in [0.3, 0.4) is 0 Å². The summed E-state index contributed by atoms with van der Waals surface area (Å²) in [5, 5.41) is 2.34. The summed E-state index contributed by atoms with van der Waals surface area (Å²) in [6, 6.07) is 15.6. The first kappa shape index (κ1) is 21.0. The minimum absolute atomic E-state index is 0.208. The van der Waals surface area contributed by atoms with Crippen LogP contribution in [0.2, 0.25) is 0 Å². The molecular formula is C23H19F2NO4. The number of hydrogen-bond acceptors (Lipinski definition) is 4. The molecule has 1 amide bonds. The third-order valence-electron chi connectivity index (χ3n) is 4.29. The van der Waals surface area contributed by atoms with Crippen LogP contribution < -0.4 is 10.1 Å². The molecule has 0 aliphatic heterocycles. The quantitative estimate of drug-likeness (QED) is 0.587. The summed E-state index contributed by atoms with van der Waals surface area (Å²) in [7, 11) is 1.08. The zero-order chi connectivity index (χ0) is 21.7. The number of amides is 1. The second-order valence-corrected chi connectivity index (χ2v) is 6.56. The predicted molar refractivity (Wildman–Crippen MR) is 108 cm³/mol. The van der Waals surface area contributed by atoms with Crippen LogP contribution in [0.5, 0.6) is 5.75 Å². The Morgan fingerprint density at radius 3 is 2.47 bits per heavy atom. The molecule has 0 unspecified atom stereocenters. The Bertz CT molecular complexity index is 1100. The van der Waals surface area contributed by atoms with Gasteiger partial charge in [0.05, 0.1) is 18.4 Å². The molecule has 0 fully saturated rings. The Kier molecular flexibility index (Phi) is 6.41. The van der Waals surface area contributed by atoms with Crippen molar-refractivity contribution in [2.45, 2.75) is 13.5 Å². The van der Waals surface area contributed by atoms with Gasteiger partial charge in [-0.15, -0.1) is 0 Å². The molecule has 0 bridgehead atoms. The minimum atomic E-state index is -1.08. The fraction of sp³-hybridized carbons (Fsp3) is 0.130. The van der Waals surface area contributed by atoms with Crippen molar-refractivity contribution in [2.75, 3.05) is 12.4 Å². The molecule has 0 aliphatic carbocycles. The van der Waals surface area contributed by atoms with E-state index in [0.717, 1.165) is 24.3 Å². The van der Waals surface area contributed by atoms with E-state index < -0.39 is 29.1 Å². The fourth-order valence-electron chi connectivity index (χ4n) is 2.80. The molecular weight excluding hydrogens is 392 g/mol. The van der Waals surface area contributed by atoms with Crippen LogP contribution in [0.15, 0.2) is 60.7 Å². The van der Waals surface area contributed by atoms with Gasteiger partial charge < -0.3 is 14.8 Å². The number of anilines is 1. The van der Waals surface area contributed by atoms with E-state index in [0.29, 0.717) is 18.4 Å². The molecule has 3 rings (SSSR count). The average molecular weight is 411 g/mol. The van der Waals surface area contributed by atoms with Gasteiger partial charge in [-0.3, -0.25) is 4.79 Å². The molecule has 0 atom stereocenters. The average Bonchev–Trinajstić information content (AvgIpc) is 2.74. The topological polar surface area (TPSA) is 64.6 Å². The van der Waals surface area contributed by atoms with Gasteiger partial charge in [-0.05, 0) is 36.8 Å². The van der Waals surface area contributed by atoms with E-state index in [1.54, 1.807) is 12.1 Å². The van der Waals surface area contributed by atoms with Gasteiger partial charge in [0.2, 0.25) is 0 Å². The zero-order valence-electron chi connectivity index (χ0n) is 16.4. The maximum Gasteiger partial charge on any atom is 0.340 e. The van der Waals surface area contributed by atoms with Crippen molar-refractivity contribution in [3.05, 3.63) is 94.6 Å². The first-order chi connectivity index (χ1) is 14.4. The number of ether oxygens (including phenoxy) is 2. The number of nitrogens with one attached hydrogen (secondary N) is 1. The highest BCUT2D eigenvalue weighted by Gasteiger charge is 2.18. The maximum absolute atomic E-state index is 14.1. The van der Waals surface area contributed by atoms with Gasteiger partial charge in [-0.1, -0.05) is 35.9 Å². The largest absolute Gasteiger partial charge is 0.489 e. The van der Waals surface area contributed by atoms with Gasteiger partial charge >= 0.3 is 5.97 Å². The third kappa shape index (κ3) is 5.00. The number of hydrogen-bond donors (Lipinski definition) is 1. The predicted octanol–water partition coefficient (Wildman–Crippen LogP) is 4.89. The van der Waals surface area contributed by atoms with Gasteiger partial charge in [-0.2, -0.15) is 0 Å². The van der Waals surface area contributed by atoms with Crippen LogP contribution in [0.25, 0.3) is 0 Å². The molecule has 0 heterocycles. The maximum atomic E-state index is 14.1. The number of methoxy groups -OCH3 is 1. The molecule has 7 heteroatoms. The van der Waals surface area contributed by atoms with Gasteiger partial charge in [0.1, 0.15) is 24.0 Å². The van der Waals surface area contributed by atoms with Crippen LogP contribution in [0, 0.1) is 18.6 Å². The van der Waals surface area contributed by atoms with Crippen molar-refractivity contribution in [3.63, 3.8) is 0 Å². The molecule has 0 radical (unpaired) electrons. The van der Waals surface area contributed by atoms with Crippen molar-refractivity contribution < 1.29 is 27.8 Å². The molecule has 5 nitrogen and oxygen atoms in total. The van der Waals surface area contributed by atoms with Gasteiger partial charge in [0.25, 0.3) is 5.91 Å². The molecule has 0 saturated heterocycles. The van der Waals surface area contributed by atoms with Crippen molar-refractivity contribution in [3.8, 4) is 5.75 Å². The van der Waals surface area contributed by atoms with E-state index >= 15 is 0 Å². The van der Waals surface area contributed by atoms with Crippen LogP contribution in [0.4, 0.5) is 14.5 Å². The molecule has 0 saturated carbocycles. The molecule has 0 aliphatic rings. The van der Waals surface area contributed by atoms with Crippen LogP contribution >= 0.6 is 0 Å². The number of rotatable bonds is 6. The highest BCUT2D eigenvalue weighted by molar-refractivity contribution is 6.05. The Hall–Kier alpha value is -3.74. The lowest BCUT2D eigenvalue weighted by Gasteiger charge is -2.11. The highest BCUT2D eigenvalue weighted by Crippen LogP contribution is 2.22. The zero-order valence-corrected chi connectivity index (χ0v) is 16.4. The Labute approximate surface area is 172 Å². The van der Waals surface area contributed by atoms with E-state index in [9.17, 15) is 18.4 Å². The molecule has 0 spiro atoms. The first-order valence-corrected chi connectivity index (χ1v) is 9.04. The van der Waals surface area contributed by atoms with Crippen LogP contribution in [0.1, 0.15) is 31.8 Å². The normalized spacial score (nSPS) is 10.4. The van der Waals surface area contributed by atoms with E-state index in [-0.39, 0.29) is 11.3 Å². The number of benzene rings is 3. The molecule has 1 N–H and O–H groups in total. The van der Waals surface area contributed by atoms with Gasteiger partial charge in [0, 0.05) is 11.6 Å². The summed E-state index contributed by atoms with van der Waals surface area (Å²) >= 11 is 0. The smallest absolute Gasteiger partial charge is 0.340 e. The Morgan fingerprint density at radius 2 is 1.73 bits per heavy atom. The number of aryl methyl sites for hydroxylation is 1. The van der Waals surface area contributed by atoms with Gasteiger partial charge in [0.15, 0.2) is 0 Å². The summed E-state index contributed by atoms with van der Waals surface area (Å²) in [5.74, 6) is -3.25. The molecule has 0 aromatic heterocycles. The SMILES string of the molecule is COC(=O)c1cc(NC(=O)c2cccc(OCc3cccc(C)c3)c2)c(F)cc1F. The summed E-state index contributed by atoms with van der Waals surface area (Å²) in [6.45, 7) is 2.30. The lowest BCUT2D eigenvalue weighted by atomic mass is 10.1. The lowest BCUT2D eigenvalue weighted by Crippen LogP contribution is -2.15. The second-order valence-electron chi connectivity index (χ2n) is 6.56. The number of esters is 1. The summed E-state index contributed by atoms with van der Waals surface area (Å²) in [4.78, 5) is 24.1. The number of carbonyl (C=O) groups excluding carboxylic acids is 2. The highest BCUT2D eigenvalue weighted by atomic mass is 19.1. The van der Waals surface area contributed by atoms with E-state index in [1.165, 1.54) is 12.1 Å². The van der Waals surface area contributed by atoms with E-state index in [2.05, 4.69) is 10.1 Å². The monoisotopic (exact) mass is 411 g/mol. The molecule has 3 aromatic carbocycles. The summed E-state index contributed by atoms with van der Waals surface area (Å²) in [5.41, 5.74) is 1.47. The molecule has 30 heavy (non-hydrogen) atoms. The molecule has 3 aromatic rings. The van der Waals surface area contributed by atoms with E-state index in [4.69, 9.17) is 4.74 Å². The molecule has 154 valence electrons. The van der Waals surface area contributed by atoms with Crippen molar-refractivity contribution in [1.29, 1.82) is 0 Å². The number of carbonyl (C=O) groups is 2. The Balaban J connectivity index is 1.75. The summed E-state index contributed by atoms with van der Waals surface area (Å²) < 4.78 is 38.0. The fourth-order valence-corrected chi connectivity index (χ4v) is 2.80. The second kappa shape index (κ2) is 9.17. The van der Waals surface area contributed by atoms with E-state index in [1.807, 2.05) is 31.2 Å². The minimum Gasteiger partial charge on any atom is -0.489 e. The first-order valence-electron chi connectivity index (χ1n) is 9.04. The van der Waals surface area contributed by atoms with Gasteiger partial charge in [-0.25, -0.2) is 13.6 Å². The van der Waals surface area contributed by atoms with Crippen molar-refractivity contribution in [2.24, 2.45) is 0 Å². The summed E-state index contributed by atoms with van der Waals surface area (Å²) in [6.07, 6.45) is 0. The van der Waals surface area contributed by atoms with Crippen molar-refractivity contribution >= 4 is 17.6 Å².